The van der Waals surface area contributed by atoms with Crippen molar-refractivity contribution in [3.63, 3.8) is 0 Å². The molecule has 3 heterocycles. The van der Waals surface area contributed by atoms with Crippen molar-refractivity contribution in [2.75, 3.05) is 31.5 Å². The first kappa shape index (κ1) is 17.6. The molecular weight excluding hydrogens is 364 g/mol. The molecule has 1 aliphatic rings. The minimum absolute atomic E-state index is 0.891. The van der Waals surface area contributed by atoms with Crippen molar-refractivity contribution >= 4 is 39.0 Å². The van der Waals surface area contributed by atoms with Gasteiger partial charge in [0.15, 0.2) is 5.82 Å². The predicted octanol–water partition coefficient (Wildman–Crippen LogP) is 5.41. The molecular formula is C23H24N4S. The molecule has 0 aliphatic carbocycles. The lowest BCUT2D eigenvalue weighted by atomic mass is 10.1. The highest BCUT2D eigenvalue weighted by Crippen LogP contribution is 2.31. The maximum absolute atomic E-state index is 5.01. The Balaban J connectivity index is 1.49. The van der Waals surface area contributed by atoms with Crippen LogP contribution in [0.5, 0.6) is 0 Å². The average Bonchev–Trinajstić information content (AvgIpc) is 3.27. The predicted molar refractivity (Wildman–Crippen MR) is 119 cm³/mol. The topological polar surface area (TPSA) is 41.1 Å². The van der Waals surface area contributed by atoms with Crippen LogP contribution in [0.4, 0.5) is 5.82 Å². The third-order valence-corrected chi connectivity index (χ3v) is 6.33. The zero-order valence-corrected chi connectivity index (χ0v) is 16.7. The summed E-state index contributed by atoms with van der Waals surface area (Å²) in [5.74, 6) is 0.891. The van der Waals surface area contributed by atoms with Crippen LogP contribution in [0, 0.1) is 0 Å². The number of likely N-dealkylation sites (tertiary alicyclic amines) is 1. The third kappa shape index (κ3) is 3.60. The first-order valence-corrected chi connectivity index (χ1v) is 11.0. The van der Waals surface area contributed by atoms with Crippen molar-refractivity contribution in [1.82, 2.24) is 14.9 Å². The molecule has 1 saturated heterocycles. The number of thiophene rings is 1. The molecule has 1 aliphatic heterocycles. The molecule has 0 radical (unpaired) electrons. The number of aromatic nitrogens is 2. The number of nitrogens with one attached hydrogen (secondary N) is 1. The second-order valence-electron chi connectivity index (χ2n) is 7.42. The standard InChI is InChI=1S/C23H24N4S/c1-4-11-27(12-5-1)13-10-24-23-22(21-9-6-14-28-21)25-19-15-17-7-2-3-8-18(17)16-20(19)26-23/h2-3,6-9,14-16H,1,4-5,10-13H2,(H,24,26). The molecule has 1 fully saturated rings. The van der Waals surface area contributed by atoms with Gasteiger partial charge >= 0.3 is 0 Å². The quantitative estimate of drug-likeness (QED) is 0.464. The number of rotatable bonds is 5. The molecule has 5 heteroatoms. The van der Waals surface area contributed by atoms with Crippen molar-refractivity contribution in [3.8, 4) is 10.6 Å². The molecule has 0 unspecified atom stereocenters. The van der Waals surface area contributed by atoms with Crippen molar-refractivity contribution in [3.05, 3.63) is 53.9 Å². The van der Waals surface area contributed by atoms with Gasteiger partial charge in [0.05, 0.1) is 15.9 Å². The molecule has 0 amide bonds. The Morgan fingerprint density at radius 1 is 0.893 bits per heavy atom. The lowest BCUT2D eigenvalue weighted by Crippen LogP contribution is -2.33. The highest BCUT2D eigenvalue weighted by molar-refractivity contribution is 7.13. The van der Waals surface area contributed by atoms with Crippen LogP contribution in [0.25, 0.3) is 32.4 Å². The van der Waals surface area contributed by atoms with Gasteiger partial charge in [-0.1, -0.05) is 36.8 Å². The summed E-state index contributed by atoms with van der Waals surface area (Å²) in [4.78, 5) is 13.7. The van der Waals surface area contributed by atoms with E-state index in [1.165, 1.54) is 43.1 Å². The Morgan fingerprint density at radius 2 is 1.64 bits per heavy atom. The number of piperidine rings is 1. The van der Waals surface area contributed by atoms with Gasteiger partial charge in [-0.15, -0.1) is 11.3 Å². The maximum atomic E-state index is 5.01. The number of anilines is 1. The van der Waals surface area contributed by atoms with Crippen LogP contribution in [0.15, 0.2) is 53.9 Å². The van der Waals surface area contributed by atoms with Gasteiger partial charge in [-0.05, 0) is 60.3 Å². The molecule has 2 aromatic heterocycles. The zero-order valence-electron chi connectivity index (χ0n) is 15.9. The maximum Gasteiger partial charge on any atom is 0.154 e. The molecule has 0 bridgehead atoms. The van der Waals surface area contributed by atoms with E-state index in [0.717, 1.165) is 40.5 Å². The van der Waals surface area contributed by atoms with Gasteiger partial charge in [0.25, 0.3) is 0 Å². The van der Waals surface area contributed by atoms with Gasteiger partial charge in [-0.3, -0.25) is 0 Å². The summed E-state index contributed by atoms with van der Waals surface area (Å²) in [6, 6.07) is 16.9. The van der Waals surface area contributed by atoms with Gasteiger partial charge < -0.3 is 10.2 Å². The van der Waals surface area contributed by atoms with Gasteiger partial charge in [-0.2, -0.15) is 0 Å². The van der Waals surface area contributed by atoms with Crippen LogP contribution < -0.4 is 5.32 Å². The van der Waals surface area contributed by atoms with Gasteiger partial charge in [0.2, 0.25) is 0 Å². The van der Waals surface area contributed by atoms with Gasteiger partial charge in [0.1, 0.15) is 5.69 Å². The lowest BCUT2D eigenvalue weighted by molar-refractivity contribution is 0.237. The third-order valence-electron chi connectivity index (χ3n) is 5.46. The lowest BCUT2D eigenvalue weighted by Gasteiger charge is -2.26. The van der Waals surface area contributed by atoms with E-state index in [0.29, 0.717) is 0 Å². The zero-order chi connectivity index (χ0) is 18.8. The van der Waals surface area contributed by atoms with E-state index in [9.17, 15) is 0 Å². The summed E-state index contributed by atoms with van der Waals surface area (Å²) < 4.78 is 0. The highest BCUT2D eigenvalue weighted by atomic mass is 32.1. The number of fused-ring (bicyclic) bond motifs is 2. The smallest absolute Gasteiger partial charge is 0.154 e. The molecule has 5 rings (SSSR count). The normalized spacial score (nSPS) is 15.3. The van der Waals surface area contributed by atoms with Crippen molar-refractivity contribution in [2.45, 2.75) is 19.3 Å². The van der Waals surface area contributed by atoms with Gasteiger partial charge in [-0.25, -0.2) is 9.97 Å². The van der Waals surface area contributed by atoms with E-state index < -0.39 is 0 Å². The Kier molecular flexibility index (Phi) is 4.93. The van der Waals surface area contributed by atoms with E-state index in [4.69, 9.17) is 9.97 Å². The van der Waals surface area contributed by atoms with Crippen LogP contribution in [0.1, 0.15) is 19.3 Å². The number of nitrogens with zero attached hydrogens (tertiary/aromatic N) is 3. The number of hydrogen-bond acceptors (Lipinski definition) is 5. The minimum atomic E-state index is 0.891. The van der Waals surface area contributed by atoms with Crippen LogP contribution >= 0.6 is 11.3 Å². The molecule has 28 heavy (non-hydrogen) atoms. The van der Waals surface area contributed by atoms with Crippen LogP contribution in [0.2, 0.25) is 0 Å². The summed E-state index contributed by atoms with van der Waals surface area (Å²) >= 11 is 1.71. The Labute approximate surface area is 169 Å². The van der Waals surface area contributed by atoms with Crippen molar-refractivity contribution in [2.24, 2.45) is 0 Å². The molecule has 4 aromatic rings. The average molecular weight is 389 g/mol. The van der Waals surface area contributed by atoms with E-state index >= 15 is 0 Å². The van der Waals surface area contributed by atoms with Gasteiger partial charge in [0, 0.05) is 13.1 Å². The Hall–Kier alpha value is -2.50. The second-order valence-corrected chi connectivity index (χ2v) is 8.36. The molecule has 142 valence electrons. The van der Waals surface area contributed by atoms with Crippen LogP contribution in [0.3, 0.4) is 0 Å². The summed E-state index contributed by atoms with van der Waals surface area (Å²) in [6.45, 7) is 4.39. The molecule has 0 atom stereocenters. The van der Waals surface area contributed by atoms with Crippen LogP contribution in [-0.2, 0) is 0 Å². The first-order chi connectivity index (χ1) is 13.9. The second kappa shape index (κ2) is 7.86. The van der Waals surface area contributed by atoms with E-state index in [1.807, 2.05) is 0 Å². The number of hydrogen-bond donors (Lipinski definition) is 1. The highest BCUT2D eigenvalue weighted by Gasteiger charge is 2.14. The monoisotopic (exact) mass is 388 g/mol. The largest absolute Gasteiger partial charge is 0.367 e. The summed E-state index contributed by atoms with van der Waals surface area (Å²) in [6.07, 6.45) is 4.02. The summed E-state index contributed by atoms with van der Waals surface area (Å²) in [7, 11) is 0. The minimum Gasteiger partial charge on any atom is -0.367 e. The van der Waals surface area contributed by atoms with Crippen molar-refractivity contribution < 1.29 is 0 Å². The molecule has 1 N–H and O–H groups in total. The van der Waals surface area contributed by atoms with E-state index in [1.54, 1.807) is 11.3 Å². The molecule has 0 spiro atoms. The molecule has 2 aromatic carbocycles. The molecule has 4 nitrogen and oxygen atoms in total. The summed E-state index contributed by atoms with van der Waals surface area (Å²) in [5, 5.41) is 8.08. The Morgan fingerprint density at radius 3 is 2.36 bits per heavy atom. The van der Waals surface area contributed by atoms with E-state index in [-0.39, 0.29) is 0 Å². The fourth-order valence-electron chi connectivity index (χ4n) is 3.97. The van der Waals surface area contributed by atoms with Crippen LogP contribution in [-0.4, -0.2) is 41.0 Å². The van der Waals surface area contributed by atoms with E-state index in [2.05, 4.69) is 64.1 Å². The fraction of sp³-hybridized carbons (Fsp3) is 0.304. The number of benzene rings is 2. The van der Waals surface area contributed by atoms with Crippen molar-refractivity contribution in [1.29, 1.82) is 0 Å². The SMILES string of the molecule is c1csc(-c2nc3cc4ccccc4cc3nc2NCCN2CCCCC2)c1. The Bertz CT molecular complexity index is 1080. The first-order valence-electron chi connectivity index (χ1n) is 10.1. The molecule has 0 saturated carbocycles. The fourth-order valence-corrected chi connectivity index (χ4v) is 4.68. The summed E-state index contributed by atoms with van der Waals surface area (Å²) in [5.41, 5.74) is 2.85.